The zero-order valence-electron chi connectivity index (χ0n) is 10.1. The molecule has 2 aromatic rings. The van der Waals surface area contributed by atoms with Crippen molar-refractivity contribution in [3.05, 3.63) is 59.7 Å². The molecule has 0 saturated heterocycles. The first kappa shape index (κ1) is 12.5. The summed E-state index contributed by atoms with van der Waals surface area (Å²) in [7, 11) is 0. The van der Waals surface area contributed by atoms with E-state index in [9.17, 15) is 4.39 Å². The van der Waals surface area contributed by atoms with Crippen molar-refractivity contribution >= 4 is 0 Å². The van der Waals surface area contributed by atoms with Crippen LogP contribution in [0.2, 0.25) is 0 Å². The normalized spacial score (nSPS) is 12.2. The lowest BCUT2D eigenvalue weighted by molar-refractivity contribution is 0.304. The van der Waals surface area contributed by atoms with Crippen molar-refractivity contribution in [1.82, 2.24) is 4.98 Å². The Morgan fingerprint density at radius 2 is 2.22 bits per heavy atom. The maximum absolute atomic E-state index is 13.7. The fourth-order valence-corrected chi connectivity index (χ4v) is 1.62. The van der Waals surface area contributed by atoms with Gasteiger partial charge in [0.15, 0.2) is 0 Å². The van der Waals surface area contributed by atoms with Crippen LogP contribution in [0.1, 0.15) is 24.1 Å². The molecule has 1 aromatic heterocycles. The average Bonchev–Trinajstić information content (AvgIpc) is 2.37. The summed E-state index contributed by atoms with van der Waals surface area (Å²) in [6.07, 6.45) is 3.41. The summed E-state index contributed by atoms with van der Waals surface area (Å²) in [6.45, 7) is 2.11. The van der Waals surface area contributed by atoms with Gasteiger partial charge >= 0.3 is 0 Å². The summed E-state index contributed by atoms with van der Waals surface area (Å²) in [5, 5.41) is 0. The highest BCUT2D eigenvalue weighted by Crippen LogP contribution is 2.21. The van der Waals surface area contributed by atoms with Crippen LogP contribution < -0.4 is 10.5 Å². The van der Waals surface area contributed by atoms with Gasteiger partial charge in [0.25, 0.3) is 0 Å². The third-order valence-corrected chi connectivity index (χ3v) is 2.59. The Morgan fingerprint density at radius 3 is 2.83 bits per heavy atom. The number of rotatable bonds is 4. The van der Waals surface area contributed by atoms with Gasteiger partial charge in [0.2, 0.25) is 0 Å². The monoisotopic (exact) mass is 246 g/mol. The second kappa shape index (κ2) is 5.60. The number of ether oxygens (including phenoxy) is 1. The SMILES string of the molecule is CC(N)c1ccc(OCc2cccnc2)cc1F. The summed E-state index contributed by atoms with van der Waals surface area (Å²) < 4.78 is 19.1. The quantitative estimate of drug-likeness (QED) is 0.902. The van der Waals surface area contributed by atoms with Crippen molar-refractivity contribution in [2.45, 2.75) is 19.6 Å². The standard InChI is InChI=1S/C14H15FN2O/c1-10(16)13-5-4-12(7-14(13)15)18-9-11-3-2-6-17-8-11/h2-8,10H,9,16H2,1H3. The lowest BCUT2D eigenvalue weighted by Crippen LogP contribution is -2.07. The number of pyridine rings is 1. The fraction of sp³-hybridized carbons (Fsp3) is 0.214. The third kappa shape index (κ3) is 3.05. The Balaban J connectivity index is 2.05. The van der Waals surface area contributed by atoms with Crippen LogP contribution in [0.3, 0.4) is 0 Å². The van der Waals surface area contributed by atoms with Crippen molar-refractivity contribution in [2.75, 3.05) is 0 Å². The van der Waals surface area contributed by atoms with Crippen LogP contribution in [0.5, 0.6) is 5.75 Å². The molecular formula is C14H15FN2O. The molecular weight excluding hydrogens is 231 g/mol. The summed E-state index contributed by atoms with van der Waals surface area (Å²) >= 11 is 0. The molecule has 18 heavy (non-hydrogen) atoms. The first-order valence-corrected chi connectivity index (χ1v) is 5.73. The summed E-state index contributed by atoms with van der Waals surface area (Å²) in [6, 6.07) is 8.14. The molecule has 1 unspecified atom stereocenters. The van der Waals surface area contributed by atoms with Crippen molar-refractivity contribution in [3.8, 4) is 5.75 Å². The Bertz CT molecular complexity index is 514. The van der Waals surface area contributed by atoms with E-state index in [4.69, 9.17) is 10.5 Å². The minimum absolute atomic E-state index is 0.322. The van der Waals surface area contributed by atoms with E-state index < -0.39 is 0 Å². The summed E-state index contributed by atoms with van der Waals surface area (Å²) in [4.78, 5) is 3.98. The number of benzene rings is 1. The molecule has 0 radical (unpaired) electrons. The number of hydrogen-bond donors (Lipinski definition) is 1. The maximum atomic E-state index is 13.7. The number of hydrogen-bond acceptors (Lipinski definition) is 3. The predicted octanol–water partition coefficient (Wildman–Crippen LogP) is 2.82. The summed E-state index contributed by atoms with van der Waals surface area (Å²) in [5.74, 6) is 0.148. The second-order valence-electron chi connectivity index (χ2n) is 4.12. The number of nitrogens with two attached hydrogens (primary N) is 1. The number of halogens is 1. The van der Waals surface area contributed by atoms with E-state index >= 15 is 0 Å². The summed E-state index contributed by atoms with van der Waals surface area (Å²) in [5.41, 5.74) is 7.07. The Kier molecular flexibility index (Phi) is 3.89. The highest BCUT2D eigenvalue weighted by molar-refractivity contribution is 5.30. The molecule has 94 valence electrons. The molecule has 0 amide bonds. The van der Waals surface area contributed by atoms with Crippen LogP contribution in [0.25, 0.3) is 0 Å². The molecule has 3 nitrogen and oxygen atoms in total. The van der Waals surface area contributed by atoms with Gasteiger partial charge in [-0.25, -0.2) is 4.39 Å². The molecule has 2 rings (SSSR count). The lowest BCUT2D eigenvalue weighted by Gasteiger charge is -2.10. The van der Waals surface area contributed by atoms with E-state index in [1.165, 1.54) is 6.07 Å². The lowest BCUT2D eigenvalue weighted by atomic mass is 10.1. The van der Waals surface area contributed by atoms with Gasteiger partial charge in [0, 0.05) is 35.6 Å². The molecule has 0 aliphatic rings. The van der Waals surface area contributed by atoms with Crippen LogP contribution >= 0.6 is 0 Å². The minimum Gasteiger partial charge on any atom is -0.489 e. The predicted molar refractivity (Wildman–Crippen MR) is 67.6 cm³/mol. The fourth-order valence-electron chi connectivity index (χ4n) is 1.62. The molecule has 0 spiro atoms. The van der Waals surface area contributed by atoms with Crippen LogP contribution in [0.4, 0.5) is 4.39 Å². The molecule has 0 aliphatic carbocycles. The first-order chi connectivity index (χ1) is 8.66. The van der Waals surface area contributed by atoms with Gasteiger partial charge in [-0.15, -0.1) is 0 Å². The molecule has 0 fully saturated rings. The highest BCUT2D eigenvalue weighted by Gasteiger charge is 2.08. The van der Waals surface area contributed by atoms with E-state index in [1.807, 2.05) is 12.1 Å². The van der Waals surface area contributed by atoms with Crippen molar-refractivity contribution < 1.29 is 9.13 Å². The van der Waals surface area contributed by atoms with Gasteiger partial charge in [-0.05, 0) is 19.1 Å². The van der Waals surface area contributed by atoms with E-state index in [0.29, 0.717) is 17.9 Å². The molecule has 2 N–H and O–H groups in total. The number of aromatic nitrogens is 1. The Morgan fingerprint density at radius 1 is 1.39 bits per heavy atom. The molecule has 0 bridgehead atoms. The van der Waals surface area contributed by atoms with Crippen LogP contribution in [0.15, 0.2) is 42.7 Å². The van der Waals surface area contributed by atoms with Crippen molar-refractivity contribution in [1.29, 1.82) is 0 Å². The molecule has 4 heteroatoms. The molecule has 0 aliphatic heterocycles. The molecule has 0 saturated carbocycles. The van der Waals surface area contributed by atoms with Gasteiger partial charge in [0.1, 0.15) is 18.2 Å². The van der Waals surface area contributed by atoms with Gasteiger partial charge in [-0.1, -0.05) is 12.1 Å². The molecule has 1 atom stereocenters. The number of nitrogens with zero attached hydrogens (tertiary/aromatic N) is 1. The van der Waals surface area contributed by atoms with Gasteiger partial charge in [0.05, 0.1) is 0 Å². The highest BCUT2D eigenvalue weighted by atomic mass is 19.1. The second-order valence-corrected chi connectivity index (χ2v) is 4.12. The van der Waals surface area contributed by atoms with Gasteiger partial charge < -0.3 is 10.5 Å². The van der Waals surface area contributed by atoms with Crippen LogP contribution in [-0.4, -0.2) is 4.98 Å². The topological polar surface area (TPSA) is 48.1 Å². The zero-order chi connectivity index (χ0) is 13.0. The average molecular weight is 246 g/mol. The largest absolute Gasteiger partial charge is 0.489 e. The van der Waals surface area contributed by atoms with E-state index in [0.717, 1.165) is 5.56 Å². The van der Waals surface area contributed by atoms with Crippen LogP contribution in [-0.2, 0) is 6.61 Å². The smallest absolute Gasteiger partial charge is 0.131 e. The van der Waals surface area contributed by atoms with E-state index in [2.05, 4.69) is 4.98 Å². The Labute approximate surface area is 105 Å². The van der Waals surface area contributed by atoms with Crippen LogP contribution in [0, 0.1) is 5.82 Å². The van der Waals surface area contributed by atoms with Crippen molar-refractivity contribution in [2.24, 2.45) is 5.73 Å². The third-order valence-electron chi connectivity index (χ3n) is 2.59. The minimum atomic E-state index is -0.339. The molecule has 1 heterocycles. The maximum Gasteiger partial charge on any atom is 0.131 e. The Hall–Kier alpha value is -1.94. The van der Waals surface area contributed by atoms with E-state index in [-0.39, 0.29) is 11.9 Å². The molecule has 1 aromatic carbocycles. The van der Waals surface area contributed by atoms with Gasteiger partial charge in [-0.2, -0.15) is 0 Å². The first-order valence-electron chi connectivity index (χ1n) is 5.73. The van der Waals surface area contributed by atoms with Crippen molar-refractivity contribution in [3.63, 3.8) is 0 Å². The van der Waals surface area contributed by atoms with Gasteiger partial charge in [-0.3, -0.25) is 4.98 Å². The van der Waals surface area contributed by atoms with E-state index in [1.54, 1.807) is 31.5 Å². The zero-order valence-corrected chi connectivity index (χ0v) is 10.1.